The van der Waals surface area contributed by atoms with Crippen LogP contribution in [0.25, 0.3) is 0 Å². The number of ether oxygens (including phenoxy) is 1. The van der Waals surface area contributed by atoms with E-state index in [1.807, 2.05) is 0 Å². The van der Waals surface area contributed by atoms with E-state index in [0.29, 0.717) is 0 Å². The number of primary amides is 1. The summed E-state index contributed by atoms with van der Waals surface area (Å²) in [4.78, 5) is 26.8. The monoisotopic (exact) mass is 202 g/mol. The summed E-state index contributed by atoms with van der Waals surface area (Å²) in [5.74, 6) is -0.290. The quantitative estimate of drug-likeness (QED) is 0.644. The van der Waals surface area contributed by atoms with Gasteiger partial charge in [-0.1, -0.05) is 0 Å². The second kappa shape index (κ2) is 4.28. The first kappa shape index (κ1) is 10.8. The van der Waals surface area contributed by atoms with Crippen LogP contribution in [0.5, 0.6) is 0 Å². The highest BCUT2D eigenvalue weighted by Crippen LogP contribution is 2.35. The van der Waals surface area contributed by atoms with Gasteiger partial charge in [0.25, 0.3) is 5.91 Å². The van der Waals surface area contributed by atoms with Crippen LogP contribution < -0.4 is 5.73 Å². The van der Waals surface area contributed by atoms with Crippen LogP contribution in [0, 0.1) is 5.92 Å². The maximum absolute atomic E-state index is 11.6. The van der Waals surface area contributed by atoms with Crippen molar-refractivity contribution in [3.63, 3.8) is 0 Å². The number of amides is 2. The first-order valence-corrected chi connectivity index (χ1v) is 4.34. The Hall–Kier alpha value is -1.30. The number of nitrogens with zero attached hydrogens (tertiary/aromatic N) is 1. The number of hydrogen-bond donors (Lipinski definition) is 1. The summed E-state index contributed by atoms with van der Waals surface area (Å²) in [6, 6.07) is 0. The molecule has 0 aromatic carbocycles. The van der Waals surface area contributed by atoms with Crippen molar-refractivity contribution in [3.8, 4) is 0 Å². The van der Waals surface area contributed by atoms with E-state index in [4.69, 9.17) is 15.3 Å². The zero-order valence-electron chi connectivity index (χ0n) is 8.23. The topological polar surface area (TPSA) is 81.9 Å². The van der Waals surface area contributed by atoms with Crippen molar-refractivity contribution in [2.24, 2.45) is 11.7 Å². The molecule has 0 saturated heterocycles. The highest BCUT2D eigenvalue weighted by atomic mass is 16.7. The molecule has 2 N–H and O–H groups in total. The minimum absolute atomic E-state index is 0.0904. The van der Waals surface area contributed by atoms with Gasteiger partial charge in [0.1, 0.15) is 0 Å². The Labute approximate surface area is 81.9 Å². The number of rotatable bonds is 4. The van der Waals surface area contributed by atoms with Gasteiger partial charge in [0, 0.05) is 13.0 Å². The van der Waals surface area contributed by atoms with E-state index in [0.717, 1.165) is 17.9 Å². The van der Waals surface area contributed by atoms with E-state index in [1.54, 1.807) is 0 Å². The lowest BCUT2D eigenvalue weighted by Crippen LogP contribution is -2.40. The van der Waals surface area contributed by atoms with Crippen LogP contribution in [0.3, 0.4) is 0 Å². The lowest BCUT2D eigenvalue weighted by Gasteiger charge is -2.20. The van der Waals surface area contributed by atoms with Gasteiger partial charge in [0.2, 0.25) is 0 Å². The van der Waals surface area contributed by atoms with Gasteiger partial charge in [-0.2, -0.15) is 0 Å². The maximum atomic E-state index is 11.6. The van der Waals surface area contributed by atoms with Crippen molar-refractivity contribution < 1.29 is 19.2 Å². The van der Waals surface area contributed by atoms with Crippen molar-refractivity contribution >= 4 is 12.0 Å². The Morgan fingerprint density at radius 1 is 1.50 bits per heavy atom. The second-order valence-corrected chi connectivity index (χ2v) is 3.21. The summed E-state index contributed by atoms with van der Waals surface area (Å²) in [6.45, 7) is 0. The van der Waals surface area contributed by atoms with Gasteiger partial charge in [-0.3, -0.25) is 9.63 Å². The van der Waals surface area contributed by atoms with E-state index < -0.39 is 12.2 Å². The predicted molar refractivity (Wildman–Crippen MR) is 47.0 cm³/mol. The summed E-state index contributed by atoms with van der Waals surface area (Å²) in [6.07, 6.45) is 0.0277. The number of hydroxylamine groups is 2. The fourth-order valence-corrected chi connectivity index (χ4v) is 1.14. The van der Waals surface area contributed by atoms with Crippen LogP contribution in [-0.2, 0) is 14.4 Å². The van der Waals surface area contributed by atoms with Gasteiger partial charge in [0.05, 0.1) is 7.11 Å². The number of carbonyl (C=O) groups excluding carboxylic acids is 2. The van der Waals surface area contributed by atoms with Crippen molar-refractivity contribution in [2.45, 2.75) is 18.9 Å². The zero-order chi connectivity index (χ0) is 10.7. The average Bonchev–Trinajstić information content (AvgIpc) is 2.94. The molecule has 14 heavy (non-hydrogen) atoms. The summed E-state index contributed by atoms with van der Waals surface area (Å²) < 4.78 is 4.73. The van der Waals surface area contributed by atoms with Crippen molar-refractivity contribution in [3.05, 3.63) is 0 Å². The molecule has 0 spiro atoms. The third-order valence-corrected chi connectivity index (χ3v) is 2.12. The standard InChI is InChI=1S/C8H14N2O4/c1-10(13-2)7(11)6(5-3-4-5)14-8(9)12/h5-6H,3-4H2,1-2H3,(H2,9,12). The first-order valence-electron chi connectivity index (χ1n) is 4.34. The van der Waals surface area contributed by atoms with Gasteiger partial charge in [-0.15, -0.1) is 0 Å². The van der Waals surface area contributed by atoms with Crippen LogP contribution in [-0.4, -0.2) is 37.3 Å². The molecule has 1 rings (SSSR count). The van der Waals surface area contributed by atoms with Crippen molar-refractivity contribution in [1.82, 2.24) is 5.06 Å². The zero-order valence-corrected chi connectivity index (χ0v) is 8.23. The Morgan fingerprint density at radius 2 is 2.07 bits per heavy atom. The highest BCUT2D eigenvalue weighted by molar-refractivity contribution is 5.82. The smallest absolute Gasteiger partial charge is 0.405 e. The number of carbonyl (C=O) groups is 2. The molecule has 0 heterocycles. The van der Waals surface area contributed by atoms with Gasteiger partial charge < -0.3 is 10.5 Å². The lowest BCUT2D eigenvalue weighted by molar-refractivity contribution is -0.178. The summed E-state index contributed by atoms with van der Waals surface area (Å²) >= 11 is 0. The van der Waals surface area contributed by atoms with Crippen molar-refractivity contribution in [1.29, 1.82) is 0 Å². The normalized spacial score (nSPS) is 17.3. The molecule has 1 saturated carbocycles. The maximum Gasteiger partial charge on any atom is 0.405 e. The molecule has 1 aliphatic rings. The molecular formula is C8H14N2O4. The predicted octanol–water partition coefficient (Wildman–Crippen LogP) is -0.120. The van der Waals surface area contributed by atoms with E-state index in [1.165, 1.54) is 14.2 Å². The van der Waals surface area contributed by atoms with Crippen LogP contribution in [0.1, 0.15) is 12.8 Å². The van der Waals surface area contributed by atoms with Crippen LogP contribution in [0.2, 0.25) is 0 Å². The fraction of sp³-hybridized carbons (Fsp3) is 0.750. The Morgan fingerprint density at radius 3 is 2.43 bits per heavy atom. The first-order chi connectivity index (χ1) is 6.56. The van der Waals surface area contributed by atoms with E-state index >= 15 is 0 Å². The number of nitrogens with two attached hydrogens (primary N) is 1. The molecule has 1 unspecified atom stereocenters. The van der Waals surface area contributed by atoms with Crippen LogP contribution in [0.15, 0.2) is 0 Å². The van der Waals surface area contributed by atoms with Gasteiger partial charge in [-0.05, 0) is 12.8 Å². The molecule has 1 atom stereocenters. The highest BCUT2D eigenvalue weighted by Gasteiger charge is 2.40. The molecule has 0 bridgehead atoms. The largest absolute Gasteiger partial charge is 0.436 e. The van der Waals surface area contributed by atoms with E-state index in [-0.39, 0.29) is 11.8 Å². The Balaban J connectivity index is 2.57. The molecule has 80 valence electrons. The second-order valence-electron chi connectivity index (χ2n) is 3.21. The minimum Gasteiger partial charge on any atom is -0.436 e. The van der Waals surface area contributed by atoms with Gasteiger partial charge in [0.15, 0.2) is 6.10 Å². The molecular weight excluding hydrogens is 188 g/mol. The van der Waals surface area contributed by atoms with Crippen LogP contribution >= 0.6 is 0 Å². The third-order valence-electron chi connectivity index (χ3n) is 2.12. The molecule has 0 aliphatic heterocycles. The summed E-state index contributed by atoms with van der Waals surface area (Å²) in [5.41, 5.74) is 4.87. The average molecular weight is 202 g/mol. The summed E-state index contributed by atoms with van der Waals surface area (Å²) in [7, 11) is 2.83. The molecule has 6 nitrogen and oxygen atoms in total. The Bertz CT molecular complexity index is 239. The molecule has 0 radical (unpaired) electrons. The molecule has 6 heteroatoms. The van der Waals surface area contributed by atoms with Gasteiger partial charge >= 0.3 is 6.09 Å². The molecule has 2 amide bonds. The lowest BCUT2D eigenvalue weighted by atomic mass is 10.2. The number of hydrogen-bond acceptors (Lipinski definition) is 4. The minimum atomic E-state index is -0.931. The molecule has 1 fully saturated rings. The molecule has 1 aliphatic carbocycles. The number of likely N-dealkylation sites (N-methyl/N-ethyl adjacent to an activating group) is 1. The fourth-order valence-electron chi connectivity index (χ4n) is 1.14. The third kappa shape index (κ3) is 2.59. The SMILES string of the molecule is CON(C)C(=O)C(OC(N)=O)C1CC1. The van der Waals surface area contributed by atoms with Crippen LogP contribution in [0.4, 0.5) is 4.79 Å². The van der Waals surface area contributed by atoms with E-state index in [9.17, 15) is 9.59 Å². The molecule has 0 aromatic rings. The molecule has 0 aromatic heterocycles. The van der Waals surface area contributed by atoms with E-state index in [2.05, 4.69) is 0 Å². The van der Waals surface area contributed by atoms with Crippen molar-refractivity contribution in [2.75, 3.05) is 14.2 Å². The van der Waals surface area contributed by atoms with Gasteiger partial charge in [-0.25, -0.2) is 9.86 Å². The Kier molecular flexibility index (Phi) is 3.29. The summed E-state index contributed by atoms with van der Waals surface area (Å²) in [5, 5.41) is 1.03.